The van der Waals surface area contributed by atoms with Crippen LogP contribution in [0.2, 0.25) is 0 Å². The predicted octanol–water partition coefficient (Wildman–Crippen LogP) is 1.57. The Balaban J connectivity index is 1.81. The Morgan fingerprint density at radius 1 is 1.32 bits per heavy atom. The van der Waals surface area contributed by atoms with E-state index in [1.165, 1.54) is 6.33 Å². The van der Waals surface area contributed by atoms with Gasteiger partial charge in [0.2, 0.25) is 5.91 Å². The number of anilines is 1. The third-order valence-electron chi connectivity index (χ3n) is 4.26. The second-order valence-electron chi connectivity index (χ2n) is 5.93. The zero-order chi connectivity index (χ0) is 15.6. The van der Waals surface area contributed by atoms with Crippen LogP contribution in [0.5, 0.6) is 0 Å². The number of nitrogens with zero attached hydrogens (tertiary/aromatic N) is 4. The average Bonchev–Trinajstić information content (AvgIpc) is 3.04. The minimum atomic E-state index is -0.752. The molecule has 0 radical (unpaired) electrons. The first kappa shape index (κ1) is 14.6. The van der Waals surface area contributed by atoms with Crippen molar-refractivity contribution >= 4 is 11.6 Å². The highest BCUT2D eigenvalue weighted by Crippen LogP contribution is 2.27. The van der Waals surface area contributed by atoms with Gasteiger partial charge in [-0.1, -0.05) is 25.3 Å². The van der Waals surface area contributed by atoms with Crippen molar-refractivity contribution < 1.29 is 4.79 Å². The number of nitrogens with one attached hydrogen (secondary N) is 1. The maximum absolute atomic E-state index is 12.5. The number of aromatic nitrogens is 4. The van der Waals surface area contributed by atoms with Gasteiger partial charge in [0.15, 0.2) is 0 Å². The fraction of sp³-hybridized carbons (Fsp3) is 0.467. The van der Waals surface area contributed by atoms with Crippen LogP contribution in [-0.2, 0) is 4.79 Å². The molecule has 2 aromatic rings. The van der Waals surface area contributed by atoms with Gasteiger partial charge in [0.1, 0.15) is 6.33 Å². The summed E-state index contributed by atoms with van der Waals surface area (Å²) in [7, 11) is 0. The standard InChI is InChI=1S/C15H20N6O/c1-11-5-6-12(9-13(11)21-10-17-19-20-21)18-14(22)15(16)7-3-2-4-8-15/h5-6,9-10H,2-4,7-8,16H2,1H3,(H,18,22). The Morgan fingerprint density at radius 2 is 2.09 bits per heavy atom. The minimum absolute atomic E-state index is 0.112. The van der Waals surface area contributed by atoms with E-state index in [1.807, 2.05) is 25.1 Å². The normalized spacial score (nSPS) is 17.2. The van der Waals surface area contributed by atoms with E-state index >= 15 is 0 Å². The summed E-state index contributed by atoms with van der Waals surface area (Å²) in [4.78, 5) is 12.5. The lowest BCUT2D eigenvalue weighted by molar-refractivity contribution is -0.122. The summed E-state index contributed by atoms with van der Waals surface area (Å²) in [5.41, 5.74) is 8.07. The average molecular weight is 300 g/mol. The Morgan fingerprint density at radius 3 is 2.77 bits per heavy atom. The molecule has 1 fully saturated rings. The molecule has 7 nitrogen and oxygen atoms in total. The van der Waals surface area contributed by atoms with E-state index in [2.05, 4.69) is 20.8 Å². The van der Waals surface area contributed by atoms with Crippen LogP contribution in [0.25, 0.3) is 5.69 Å². The van der Waals surface area contributed by atoms with Crippen molar-refractivity contribution in [3.05, 3.63) is 30.1 Å². The van der Waals surface area contributed by atoms with Crippen molar-refractivity contribution in [3.63, 3.8) is 0 Å². The van der Waals surface area contributed by atoms with Gasteiger partial charge >= 0.3 is 0 Å². The molecule has 0 unspecified atom stereocenters. The monoisotopic (exact) mass is 300 g/mol. The first-order chi connectivity index (χ1) is 10.6. The van der Waals surface area contributed by atoms with Gasteiger partial charge in [0.25, 0.3) is 0 Å². The van der Waals surface area contributed by atoms with Crippen LogP contribution in [0.15, 0.2) is 24.5 Å². The SMILES string of the molecule is Cc1ccc(NC(=O)C2(N)CCCCC2)cc1-n1cnnn1. The first-order valence-electron chi connectivity index (χ1n) is 7.53. The van der Waals surface area contributed by atoms with Gasteiger partial charge in [0, 0.05) is 5.69 Å². The van der Waals surface area contributed by atoms with Crippen molar-refractivity contribution in [1.29, 1.82) is 0 Å². The third kappa shape index (κ3) is 2.85. The molecule has 0 saturated heterocycles. The van der Waals surface area contributed by atoms with Crippen molar-refractivity contribution in [3.8, 4) is 5.69 Å². The predicted molar refractivity (Wildman–Crippen MR) is 82.5 cm³/mol. The number of benzene rings is 1. The van der Waals surface area contributed by atoms with E-state index in [0.29, 0.717) is 5.69 Å². The number of nitrogens with two attached hydrogens (primary N) is 1. The first-order valence-corrected chi connectivity index (χ1v) is 7.53. The molecule has 0 bridgehead atoms. The van der Waals surface area contributed by atoms with E-state index in [4.69, 9.17) is 5.73 Å². The molecule has 116 valence electrons. The highest BCUT2D eigenvalue weighted by molar-refractivity contribution is 5.98. The van der Waals surface area contributed by atoms with Gasteiger partial charge in [-0.3, -0.25) is 4.79 Å². The lowest BCUT2D eigenvalue weighted by Gasteiger charge is -2.31. The Labute approximate surface area is 128 Å². The summed E-state index contributed by atoms with van der Waals surface area (Å²) in [6.07, 6.45) is 6.18. The topological polar surface area (TPSA) is 98.7 Å². The van der Waals surface area contributed by atoms with Crippen LogP contribution in [-0.4, -0.2) is 31.7 Å². The van der Waals surface area contributed by atoms with Crippen molar-refractivity contribution in [2.45, 2.75) is 44.6 Å². The van der Waals surface area contributed by atoms with Crippen LogP contribution < -0.4 is 11.1 Å². The fourth-order valence-electron chi connectivity index (χ4n) is 2.87. The summed E-state index contributed by atoms with van der Waals surface area (Å²) < 4.78 is 1.57. The molecule has 3 N–H and O–H groups in total. The molecule has 1 aliphatic rings. The summed E-state index contributed by atoms with van der Waals surface area (Å²) >= 11 is 0. The molecule has 22 heavy (non-hydrogen) atoms. The van der Waals surface area contributed by atoms with Gasteiger partial charge in [-0.25, -0.2) is 4.68 Å². The molecule has 1 aromatic heterocycles. The number of tetrazole rings is 1. The molecule has 0 aliphatic heterocycles. The smallest absolute Gasteiger partial charge is 0.244 e. The fourth-order valence-corrected chi connectivity index (χ4v) is 2.87. The zero-order valence-electron chi connectivity index (χ0n) is 12.6. The molecule has 1 aliphatic carbocycles. The molecule has 3 rings (SSSR count). The summed E-state index contributed by atoms with van der Waals surface area (Å²) in [6, 6.07) is 5.65. The second-order valence-corrected chi connectivity index (χ2v) is 5.93. The number of hydrogen-bond donors (Lipinski definition) is 2. The Hall–Kier alpha value is -2.28. The molecular formula is C15H20N6O. The number of hydrogen-bond acceptors (Lipinski definition) is 5. The minimum Gasteiger partial charge on any atom is -0.324 e. The molecule has 1 aromatic carbocycles. The molecular weight excluding hydrogens is 280 g/mol. The molecule has 0 atom stereocenters. The summed E-state index contributed by atoms with van der Waals surface area (Å²) in [5, 5.41) is 14.1. The maximum atomic E-state index is 12.5. The molecule has 1 heterocycles. The number of carbonyl (C=O) groups excluding carboxylic acids is 1. The van der Waals surface area contributed by atoms with Gasteiger partial charge in [0.05, 0.1) is 11.2 Å². The lowest BCUT2D eigenvalue weighted by Crippen LogP contribution is -2.52. The number of rotatable bonds is 3. The van der Waals surface area contributed by atoms with Gasteiger partial charge in [-0.15, -0.1) is 5.10 Å². The van der Waals surface area contributed by atoms with E-state index in [1.54, 1.807) is 4.68 Å². The van der Waals surface area contributed by atoms with E-state index in [9.17, 15) is 4.79 Å². The van der Waals surface area contributed by atoms with Gasteiger partial charge in [-0.05, 0) is 47.9 Å². The summed E-state index contributed by atoms with van der Waals surface area (Å²) in [6.45, 7) is 1.97. The van der Waals surface area contributed by atoms with Gasteiger partial charge in [-0.2, -0.15) is 0 Å². The third-order valence-corrected chi connectivity index (χ3v) is 4.26. The zero-order valence-corrected chi connectivity index (χ0v) is 12.6. The summed E-state index contributed by atoms with van der Waals surface area (Å²) in [5.74, 6) is -0.112. The van der Waals surface area contributed by atoms with Crippen molar-refractivity contribution in [1.82, 2.24) is 20.2 Å². The lowest BCUT2D eigenvalue weighted by atomic mass is 9.82. The van der Waals surface area contributed by atoms with E-state index in [-0.39, 0.29) is 5.91 Å². The molecule has 1 saturated carbocycles. The van der Waals surface area contributed by atoms with Crippen LogP contribution >= 0.6 is 0 Å². The molecule has 1 amide bonds. The van der Waals surface area contributed by atoms with Gasteiger partial charge < -0.3 is 11.1 Å². The quantitative estimate of drug-likeness (QED) is 0.896. The van der Waals surface area contributed by atoms with Crippen molar-refractivity contribution in [2.24, 2.45) is 5.73 Å². The number of aryl methyl sites for hydroxylation is 1. The van der Waals surface area contributed by atoms with Crippen LogP contribution in [0.1, 0.15) is 37.7 Å². The van der Waals surface area contributed by atoms with Crippen LogP contribution in [0, 0.1) is 6.92 Å². The Bertz CT molecular complexity index is 661. The largest absolute Gasteiger partial charge is 0.324 e. The number of carbonyl (C=O) groups is 1. The highest BCUT2D eigenvalue weighted by atomic mass is 16.2. The highest BCUT2D eigenvalue weighted by Gasteiger charge is 2.35. The van der Waals surface area contributed by atoms with Crippen molar-refractivity contribution in [2.75, 3.05) is 5.32 Å². The molecule has 0 spiro atoms. The maximum Gasteiger partial charge on any atom is 0.244 e. The Kier molecular flexibility index (Phi) is 3.89. The second kappa shape index (κ2) is 5.84. The van der Waals surface area contributed by atoms with Crippen LogP contribution in [0.3, 0.4) is 0 Å². The number of amides is 1. The van der Waals surface area contributed by atoms with Crippen LogP contribution in [0.4, 0.5) is 5.69 Å². The van der Waals surface area contributed by atoms with E-state index in [0.717, 1.165) is 43.4 Å². The van der Waals surface area contributed by atoms with E-state index < -0.39 is 5.54 Å². The molecule has 7 heteroatoms.